The maximum Gasteiger partial charge on any atom is 0.185 e. The van der Waals surface area contributed by atoms with Crippen molar-refractivity contribution in [1.29, 1.82) is 0 Å². The van der Waals surface area contributed by atoms with E-state index in [9.17, 15) is 4.79 Å². The van der Waals surface area contributed by atoms with Crippen molar-refractivity contribution in [3.8, 4) is 0 Å². The van der Waals surface area contributed by atoms with Gasteiger partial charge in [-0.2, -0.15) is 0 Å². The van der Waals surface area contributed by atoms with Crippen LogP contribution in [-0.2, 0) is 4.79 Å². The second-order valence-corrected chi connectivity index (χ2v) is 4.20. The van der Waals surface area contributed by atoms with E-state index in [0.29, 0.717) is 0 Å². The minimum Gasteiger partial charge on any atom is -0.465 e. The Balaban J connectivity index is 1.85. The van der Waals surface area contributed by atoms with E-state index in [2.05, 4.69) is 0 Å². The van der Waals surface area contributed by atoms with Gasteiger partial charge in [-0.05, 0) is 49.3 Å². The van der Waals surface area contributed by atoms with Gasteiger partial charge in [0.15, 0.2) is 5.78 Å². The average molecular weight is 240 g/mol. The second kappa shape index (κ2) is 4.53. The lowest BCUT2D eigenvalue weighted by Crippen LogP contribution is -1.94. The highest BCUT2D eigenvalue weighted by atomic mass is 16.3. The fourth-order valence-corrected chi connectivity index (χ4v) is 2.07. The molecule has 2 heterocycles. The Morgan fingerprint density at radius 1 is 0.889 bits per heavy atom. The van der Waals surface area contributed by atoms with Gasteiger partial charge >= 0.3 is 0 Å². The highest BCUT2D eigenvalue weighted by Gasteiger charge is 2.23. The maximum atomic E-state index is 12.1. The van der Waals surface area contributed by atoms with Gasteiger partial charge in [0.1, 0.15) is 11.5 Å². The molecule has 0 saturated heterocycles. The van der Waals surface area contributed by atoms with Crippen molar-refractivity contribution in [2.75, 3.05) is 0 Å². The van der Waals surface area contributed by atoms with Gasteiger partial charge in [-0.1, -0.05) is 0 Å². The van der Waals surface area contributed by atoms with Crippen LogP contribution < -0.4 is 0 Å². The van der Waals surface area contributed by atoms with E-state index in [1.165, 1.54) is 0 Å². The van der Waals surface area contributed by atoms with Crippen molar-refractivity contribution < 1.29 is 13.6 Å². The molecule has 1 aliphatic rings. The summed E-state index contributed by atoms with van der Waals surface area (Å²) in [4.78, 5) is 12.1. The van der Waals surface area contributed by atoms with Crippen molar-refractivity contribution in [3.05, 3.63) is 59.5 Å². The van der Waals surface area contributed by atoms with Crippen molar-refractivity contribution in [2.24, 2.45) is 0 Å². The molecule has 18 heavy (non-hydrogen) atoms. The normalized spacial score (nSPS) is 20.1. The van der Waals surface area contributed by atoms with Crippen LogP contribution in [0.3, 0.4) is 0 Å². The summed E-state index contributed by atoms with van der Waals surface area (Å²) in [5.41, 5.74) is 1.59. The van der Waals surface area contributed by atoms with E-state index < -0.39 is 0 Å². The Labute approximate surface area is 104 Å². The molecule has 1 saturated carbocycles. The summed E-state index contributed by atoms with van der Waals surface area (Å²) in [5, 5.41) is 0. The summed E-state index contributed by atoms with van der Waals surface area (Å²) in [5.74, 6) is 1.53. The molecule has 0 atom stereocenters. The topological polar surface area (TPSA) is 43.4 Å². The molecule has 1 fully saturated rings. The fraction of sp³-hybridized carbons (Fsp3) is 0.133. The number of hydrogen-bond donors (Lipinski definition) is 0. The molecule has 0 unspecified atom stereocenters. The Morgan fingerprint density at radius 3 is 1.78 bits per heavy atom. The molecular formula is C15H12O3. The van der Waals surface area contributed by atoms with Crippen LogP contribution in [0.5, 0.6) is 0 Å². The molecule has 0 spiro atoms. The summed E-state index contributed by atoms with van der Waals surface area (Å²) in [6.45, 7) is 0. The van der Waals surface area contributed by atoms with E-state index in [-0.39, 0.29) is 5.78 Å². The van der Waals surface area contributed by atoms with Gasteiger partial charge in [0.25, 0.3) is 0 Å². The summed E-state index contributed by atoms with van der Waals surface area (Å²) >= 11 is 0. The predicted molar refractivity (Wildman–Crippen MR) is 67.6 cm³/mol. The zero-order valence-electron chi connectivity index (χ0n) is 9.76. The fourth-order valence-electron chi connectivity index (χ4n) is 2.07. The Hall–Kier alpha value is -2.29. The lowest BCUT2D eigenvalue weighted by molar-refractivity contribution is -0.111. The third-order valence-corrected chi connectivity index (χ3v) is 2.97. The number of carbonyl (C=O) groups excluding carboxylic acids is 1. The van der Waals surface area contributed by atoms with Crippen molar-refractivity contribution in [3.63, 3.8) is 0 Å². The summed E-state index contributed by atoms with van der Waals surface area (Å²) in [6.07, 6.45) is 8.34. The SMILES string of the molecule is O=C1/C(=C\c2ccco2)CC/C1=C/c1ccco1. The second-order valence-electron chi connectivity index (χ2n) is 4.20. The number of Topliss-reactive ketones (excluding diaryl/α,β-unsaturated/α-hetero) is 1. The maximum absolute atomic E-state index is 12.1. The molecule has 0 aromatic carbocycles. The number of ketones is 1. The molecule has 0 bridgehead atoms. The monoisotopic (exact) mass is 240 g/mol. The Morgan fingerprint density at radius 2 is 1.39 bits per heavy atom. The summed E-state index contributed by atoms with van der Waals surface area (Å²) < 4.78 is 10.4. The molecule has 0 amide bonds. The van der Waals surface area contributed by atoms with Crippen LogP contribution in [0.2, 0.25) is 0 Å². The lowest BCUT2D eigenvalue weighted by atomic mass is 10.1. The van der Waals surface area contributed by atoms with Crippen LogP contribution in [0.1, 0.15) is 24.4 Å². The van der Waals surface area contributed by atoms with Crippen LogP contribution in [0.25, 0.3) is 12.2 Å². The molecule has 3 rings (SSSR count). The zero-order chi connectivity index (χ0) is 12.4. The van der Waals surface area contributed by atoms with Gasteiger partial charge in [0.05, 0.1) is 12.5 Å². The number of allylic oxidation sites excluding steroid dienone is 2. The minimum absolute atomic E-state index is 0.0859. The highest BCUT2D eigenvalue weighted by Crippen LogP contribution is 2.29. The quantitative estimate of drug-likeness (QED) is 0.751. The van der Waals surface area contributed by atoms with Gasteiger partial charge in [-0.15, -0.1) is 0 Å². The number of carbonyl (C=O) groups is 1. The third-order valence-electron chi connectivity index (χ3n) is 2.97. The molecule has 0 radical (unpaired) electrons. The van der Waals surface area contributed by atoms with Crippen molar-refractivity contribution in [2.45, 2.75) is 12.8 Å². The molecule has 2 aromatic heterocycles. The first-order valence-corrected chi connectivity index (χ1v) is 5.86. The standard InChI is InChI=1S/C15H12O3/c16-15-11(9-13-3-1-7-17-13)5-6-12(15)10-14-4-2-8-18-14/h1-4,7-10H,5-6H2/b11-9-,12-10-. The first kappa shape index (κ1) is 10.8. The van der Waals surface area contributed by atoms with Crippen molar-refractivity contribution in [1.82, 2.24) is 0 Å². The molecular weight excluding hydrogens is 228 g/mol. The smallest absolute Gasteiger partial charge is 0.185 e. The zero-order valence-corrected chi connectivity index (χ0v) is 9.76. The number of furan rings is 2. The van der Waals surface area contributed by atoms with Gasteiger partial charge < -0.3 is 8.83 Å². The molecule has 0 N–H and O–H groups in total. The molecule has 1 aliphatic carbocycles. The van der Waals surface area contributed by atoms with Crippen LogP contribution in [0.4, 0.5) is 0 Å². The molecule has 3 heteroatoms. The highest BCUT2D eigenvalue weighted by molar-refractivity contribution is 6.15. The van der Waals surface area contributed by atoms with Crippen LogP contribution >= 0.6 is 0 Å². The molecule has 2 aromatic rings. The van der Waals surface area contributed by atoms with E-state index >= 15 is 0 Å². The van der Waals surface area contributed by atoms with Crippen LogP contribution in [-0.4, -0.2) is 5.78 Å². The van der Waals surface area contributed by atoms with E-state index in [0.717, 1.165) is 35.5 Å². The summed E-state index contributed by atoms with van der Waals surface area (Å²) in [6, 6.07) is 7.31. The largest absolute Gasteiger partial charge is 0.465 e. The van der Waals surface area contributed by atoms with Gasteiger partial charge in [-0.25, -0.2) is 0 Å². The lowest BCUT2D eigenvalue weighted by Gasteiger charge is -1.93. The molecule has 3 nitrogen and oxygen atoms in total. The van der Waals surface area contributed by atoms with E-state index in [1.807, 2.05) is 36.4 Å². The number of hydrogen-bond acceptors (Lipinski definition) is 3. The number of rotatable bonds is 2. The van der Waals surface area contributed by atoms with E-state index in [1.54, 1.807) is 12.5 Å². The van der Waals surface area contributed by atoms with Gasteiger partial charge in [0.2, 0.25) is 0 Å². The Kier molecular flexibility index (Phi) is 2.73. The van der Waals surface area contributed by atoms with Crippen LogP contribution in [0.15, 0.2) is 56.8 Å². The molecule has 90 valence electrons. The van der Waals surface area contributed by atoms with E-state index in [4.69, 9.17) is 8.83 Å². The minimum atomic E-state index is 0.0859. The van der Waals surface area contributed by atoms with Crippen LogP contribution in [0, 0.1) is 0 Å². The predicted octanol–water partition coefficient (Wildman–Crippen LogP) is 3.70. The first-order valence-electron chi connectivity index (χ1n) is 5.86. The Bertz CT molecular complexity index is 544. The van der Waals surface area contributed by atoms with Crippen molar-refractivity contribution >= 4 is 17.9 Å². The molecule has 0 aliphatic heterocycles. The first-order chi connectivity index (χ1) is 8.83. The summed E-state index contributed by atoms with van der Waals surface area (Å²) in [7, 11) is 0. The van der Waals surface area contributed by atoms with Gasteiger partial charge in [-0.3, -0.25) is 4.79 Å². The average Bonchev–Trinajstić information content (AvgIpc) is 3.08. The van der Waals surface area contributed by atoms with Gasteiger partial charge in [0, 0.05) is 11.1 Å². The third kappa shape index (κ3) is 2.07.